The number of aliphatic hydroxyl groups is 3. The number of aryl methyl sites for hydroxylation is 1. The van der Waals surface area contributed by atoms with E-state index in [2.05, 4.69) is 12.1 Å². The third-order valence-electron chi connectivity index (χ3n) is 4.84. The van der Waals surface area contributed by atoms with E-state index in [0.29, 0.717) is 12.0 Å². The molecule has 2 aromatic carbocycles. The van der Waals surface area contributed by atoms with Crippen molar-refractivity contribution in [3.8, 4) is 11.1 Å². The van der Waals surface area contributed by atoms with Gasteiger partial charge in [-0.25, -0.2) is 0 Å². The predicted molar refractivity (Wildman–Crippen MR) is 79.6 cm³/mol. The Kier molecular flexibility index (Phi) is 2.73. The van der Waals surface area contributed by atoms with Crippen LogP contribution in [0.4, 0.5) is 0 Å². The molecular formula is C18H18O3. The largest absolute Gasteiger partial charge is 0.388 e. The van der Waals surface area contributed by atoms with Gasteiger partial charge in [-0.15, -0.1) is 0 Å². The van der Waals surface area contributed by atoms with E-state index in [1.165, 1.54) is 11.1 Å². The summed E-state index contributed by atoms with van der Waals surface area (Å²) in [5.74, 6) is -1.82. The Balaban J connectivity index is 1.99. The van der Waals surface area contributed by atoms with Gasteiger partial charge in [0, 0.05) is 12.0 Å². The van der Waals surface area contributed by atoms with E-state index in [-0.39, 0.29) is 6.42 Å². The summed E-state index contributed by atoms with van der Waals surface area (Å²) in [4.78, 5) is 0. The zero-order valence-corrected chi connectivity index (χ0v) is 11.7. The van der Waals surface area contributed by atoms with Crippen molar-refractivity contribution >= 4 is 0 Å². The maximum Gasteiger partial charge on any atom is 0.190 e. The molecule has 3 nitrogen and oxygen atoms in total. The highest BCUT2D eigenvalue weighted by molar-refractivity contribution is 5.75. The van der Waals surface area contributed by atoms with Gasteiger partial charge in [0.05, 0.1) is 6.10 Å². The zero-order valence-electron chi connectivity index (χ0n) is 11.7. The van der Waals surface area contributed by atoms with Crippen LogP contribution >= 0.6 is 0 Å². The van der Waals surface area contributed by atoms with Crippen LogP contribution in [0.2, 0.25) is 0 Å². The molecule has 0 saturated heterocycles. The van der Waals surface area contributed by atoms with Crippen molar-refractivity contribution in [3.05, 3.63) is 58.7 Å². The Hall–Kier alpha value is -1.68. The van der Waals surface area contributed by atoms with Crippen LogP contribution in [0.5, 0.6) is 0 Å². The van der Waals surface area contributed by atoms with Crippen molar-refractivity contribution in [3.63, 3.8) is 0 Å². The van der Waals surface area contributed by atoms with Crippen LogP contribution in [-0.2, 0) is 18.6 Å². The summed E-state index contributed by atoms with van der Waals surface area (Å²) < 4.78 is 0. The monoisotopic (exact) mass is 282 g/mol. The van der Waals surface area contributed by atoms with E-state index in [0.717, 1.165) is 29.5 Å². The highest BCUT2D eigenvalue weighted by Gasteiger charge is 2.38. The zero-order chi connectivity index (χ0) is 14.6. The van der Waals surface area contributed by atoms with Gasteiger partial charge in [-0.1, -0.05) is 36.4 Å². The molecule has 21 heavy (non-hydrogen) atoms. The molecule has 0 heterocycles. The average Bonchev–Trinajstić information content (AvgIpc) is 2.50. The molecule has 0 bridgehead atoms. The molecule has 108 valence electrons. The van der Waals surface area contributed by atoms with Crippen LogP contribution in [0.15, 0.2) is 36.4 Å². The number of hydrogen-bond acceptors (Lipinski definition) is 3. The van der Waals surface area contributed by atoms with E-state index in [9.17, 15) is 15.3 Å². The molecule has 0 fully saturated rings. The fourth-order valence-electron chi connectivity index (χ4n) is 3.79. The molecule has 3 heteroatoms. The number of aliphatic hydroxyl groups excluding tert-OH is 1. The Bertz CT molecular complexity index is 718. The molecule has 2 aliphatic carbocycles. The fourth-order valence-corrected chi connectivity index (χ4v) is 3.79. The van der Waals surface area contributed by atoms with Gasteiger partial charge in [-0.3, -0.25) is 0 Å². The molecule has 3 N–H and O–H groups in total. The minimum absolute atomic E-state index is 0.177. The van der Waals surface area contributed by atoms with Gasteiger partial charge < -0.3 is 15.3 Å². The van der Waals surface area contributed by atoms with Gasteiger partial charge in [-0.05, 0) is 47.1 Å². The molecule has 4 rings (SSSR count). The predicted octanol–water partition coefficient (Wildman–Crippen LogP) is 2.42. The molecule has 0 radical (unpaired) electrons. The van der Waals surface area contributed by atoms with E-state index in [1.54, 1.807) is 6.07 Å². The summed E-state index contributed by atoms with van der Waals surface area (Å²) in [5.41, 5.74) is 5.91. The van der Waals surface area contributed by atoms with Crippen molar-refractivity contribution in [1.29, 1.82) is 0 Å². The lowest BCUT2D eigenvalue weighted by molar-refractivity contribution is -0.186. The summed E-state index contributed by atoms with van der Waals surface area (Å²) in [6.07, 6.45) is 1.72. The van der Waals surface area contributed by atoms with Crippen LogP contribution in [-0.4, -0.2) is 15.3 Å². The lowest BCUT2D eigenvalue weighted by atomic mass is 9.75. The summed E-state index contributed by atoms with van der Waals surface area (Å²) >= 11 is 0. The summed E-state index contributed by atoms with van der Waals surface area (Å²) in [7, 11) is 0. The maximum absolute atomic E-state index is 10.4. The average molecular weight is 282 g/mol. The highest BCUT2D eigenvalue weighted by atomic mass is 16.5. The molecule has 0 aromatic heterocycles. The first-order valence-electron chi connectivity index (χ1n) is 7.45. The SMILES string of the molecule is OC1CCC(O)(O)c2ccc3c(c21)CCc1ccccc1-3. The molecule has 0 saturated carbocycles. The highest BCUT2D eigenvalue weighted by Crippen LogP contribution is 2.45. The minimum atomic E-state index is -1.82. The minimum Gasteiger partial charge on any atom is -0.388 e. The number of hydrogen-bond donors (Lipinski definition) is 3. The van der Waals surface area contributed by atoms with Crippen molar-refractivity contribution in [1.82, 2.24) is 0 Å². The Labute approximate surface area is 123 Å². The summed E-state index contributed by atoms with van der Waals surface area (Å²) in [6.45, 7) is 0. The topological polar surface area (TPSA) is 60.7 Å². The Morgan fingerprint density at radius 2 is 1.76 bits per heavy atom. The van der Waals surface area contributed by atoms with Crippen LogP contribution in [0.25, 0.3) is 11.1 Å². The van der Waals surface area contributed by atoms with Crippen LogP contribution < -0.4 is 0 Å². The second kappa shape index (κ2) is 4.41. The lowest BCUT2D eigenvalue weighted by Crippen LogP contribution is -2.33. The smallest absolute Gasteiger partial charge is 0.190 e. The number of rotatable bonds is 0. The first-order valence-corrected chi connectivity index (χ1v) is 7.45. The first kappa shape index (κ1) is 13.0. The van der Waals surface area contributed by atoms with Gasteiger partial charge in [0.15, 0.2) is 5.79 Å². The van der Waals surface area contributed by atoms with Crippen molar-refractivity contribution in [2.45, 2.75) is 37.6 Å². The van der Waals surface area contributed by atoms with E-state index < -0.39 is 11.9 Å². The first-order chi connectivity index (χ1) is 10.1. The number of fused-ring (bicyclic) bond motifs is 5. The normalized spacial score (nSPS) is 22.1. The van der Waals surface area contributed by atoms with Crippen molar-refractivity contribution in [2.24, 2.45) is 0 Å². The molecule has 2 aromatic rings. The summed E-state index contributed by atoms with van der Waals surface area (Å²) in [5, 5.41) is 30.7. The molecule has 1 unspecified atom stereocenters. The van der Waals surface area contributed by atoms with Crippen LogP contribution in [0, 0.1) is 0 Å². The second-order valence-corrected chi connectivity index (χ2v) is 6.08. The Morgan fingerprint density at radius 3 is 2.62 bits per heavy atom. The quantitative estimate of drug-likeness (QED) is 0.650. The van der Waals surface area contributed by atoms with Crippen LogP contribution in [0.1, 0.15) is 41.2 Å². The molecule has 0 spiro atoms. The third-order valence-corrected chi connectivity index (χ3v) is 4.84. The molecular weight excluding hydrogens is 264 g/mol. The maximum atomic E-state index is 10.4. The fraction of sp³-hybridized carbons (Fsp3) is 0.333. The van der Waals surface area contributed by atoms with Crippen molar-refractivity contribution < 1.29 is 15.3 Å². The van der Waals surface area contributed by atoms with Gasteiger partial charge in [-0.2, -0.15) is 0 Å². The molecule has 1 atom stereocenters. The van der Waals surface area contributed by atoms with Gasteiger partial charge in [0.25, 0.3) is 0 Å². The number of benzene rings is 2. The molecule has 0 amide bonds. The van der Waals surface area contributed by atoms with Gasteiger partial charge in [0.2, 0.25) is 0 Å². The lowest BCUT2D eigenvalue weighted by Gasteiger charge is -2.36. The van der Waals surface area contributed by atoms with Gasteiger partial charge >= 0.3 is 0 Å². The van der Waals surface area contributed by atoms with E-state index in [4.69, 9.17) is 0 Å². The van der Waals surface area contributed by atoms with Gasteiger partial charge in [0.1, 0.15) is 0 Å². The molecule has 0 aliphatic heterocycles. The standard InChI is InChI=1S/C18H18O3/c19-16-9-10-18(20,21)15-8-7-13-12-4-2-1-3-11(12)5-6-14(13)17(15)16/h1-4,7-8,16,19-21H,5-6,9-10H2. The summed E-state index contributed by atoms with van der Waals surface area (Å²) in [6, 6.07) is 12.0. The second-order valence-electron chi connectivity index (χ2n) is 6.08. The Morgan fingerprint density at radius 1 is 0.952 bits per heavy atom. The van der Waals surface area contributed by atoms with E-state index in [1.807, 2.05) is 18.2 Å². The molecule has 2 aliphatic rings. The van der Waals surface area contributed by atoms with Crippen molar-refractivity contribution in [2.75, 3.05) is 0 Å². The third kappa shape index (κ3) is 1.85. The van der Waals surface area contributed by atoms with E-state index >= 15 is 0 Å². The van der Waals surface area contributed by atoms with Crippen LogP contribution in [0.3, 0.4) is 0 Å².